The molecule has 0 fully saturated rings. The van der Waals surface area contributed by atoms with Crippen molar-refractivity contribution in [3.8, 4) is 0 Å². The molecule has 0 saturated carbocycles. The summed E-state index contributed by atoms with van der Waals surface area (Å²) in [7, 11) is 0. The van der Waals surface area contributed by atoms with Gasteiger partial charge in [0.2, 0.25) is 5.91 Å². The molecule has 178 valence electrons. The molecule has 0 spiro atoms. The van der Waals surface area contributed by atoms with Gasteiger partial charge in [0.25, 0.3) is 0 Å². The van der Waals surface area contributed by atoms with E-state index in [1.54, 1.807) is 0 Å². The van der Waals surface area contributed by atoms with E-state index in [0.717, 1.165) is 11.4 Å². The number of carboxylic acid groups (broad SMARTS) is 2. The highest BCUT2D eigenvalue weighted by Gasteiger charge is 2.35. The molecule has 10 nitrogen and oxygen atoms in total. The Morgan fingerprint density at radius 3 is 1.91 bits per heavy atom. The van der Waals surface area contributed by atoms with Gasteiger partial charge < -0.3 is 31.2 Å². The molecule has 3 rings (SSSR count). The van der Waals surface area contributed by atoms with Gasteiger partial charge in [0.15, 0.2) is 5.78 Å². The predicted octanol–water partition coefficient (Wildman–Crippen LogP) is 1.44. The molecule has 1 amide bonds. The van der Waals surface area contributed by atoms with E-state index < -0.39 is 23.4 Å². The zero-order valence-corrected chi connectivity index (χ0v) is 18.7. The first kappa shape index (κ1) is 27.3. The fourth-order valence-corrected chi connectivity index (χ4v) is 3.01. The zero-order chi connectivity index (χ0) is 24.1. The summed E-state index contributed by atoms with van der Waals surface area (Å²) in [5.41, 5.74) is 8.25. The smallest absolute Gasteiger partial charge is 0.414 e. The summed E-state index contributed by atoms with van der Waals surface area (Å²) in [4.78, 5) is 47.4. The third kappa shape index (κ3) is 6.86. The van der Waals surface area contributed by atoms with Crippen molar-refractivity contribution in [2.24, 2.45) is 11.1 Å². The molecule has 0 unspecified atom stereocenters. The van der Waals surface area contributed by atoms with Crippen LogP contribution < -0.4 is 15.5 Å². The maximum atomic E-state index is 13.0. The fraction of sp³-hybridized carbons (Fsp3) is 0.304. The van der Waals surface area contributed by atoms with Crippen molar-refractivity contribution in [2.75, 3.05) is 22.9 Å². The molecular formula is C23H29N3O7. The van der Waals surface area contributed by atoms with Gasteiger partial charge in [-0.15, -0.1) is 0 Å². The van der Waals surface area contributed by atoms with Crippen molar-refractivity contribution >= 4 is 40.7 Å². The molecule has 0 bridgehead atoms. The van der Waals surface area contributed by atoms with Crippen LogP contribution >= 0.6 is 0 Å². The van der Waals surface area contributed by atoms with Gasteiger partial charge in [-0.05, 0) is 24.3 Å². The van der Waals surface area contributed by atoms with Gasteiger partial charge in [0, 0.05) is 17.6 Å². The molecule has 1 atom stereocenters. The van der Waals surface area contributed by atoms with Crippen LogP contribution in [-0.2, 0) is 19.2 Å². The third-order valence-electron chi connectivity index (χ3n) is 4.81. The summed E-state index contributed by atoms with van der Waals surface area (Å²) < 4.78 is 0. The highest BCUT2D eigenvalue weighted by atomic mass is 16.4. The minimum atomic E-state index is -1.82. The Hall–Kier alpha value is -3.76. The van der Waals surface area contributed by atoms with E-state index in [9.17, 15) is 9.59 Å². The predicted molar refractivity (Wildman–Crippen MR) is 124 cm³/mol. The number of carbonyl (C=O) groups is 4. The number of carboxylic acids is 2. The van der Waals surface area contributed by atoms with E-state index in [0.29, 0.717) is 12.2 Å². The highest BCUT2D eigenvalue weighted by molar-refractivity contribution is 6.27. The van der Waals surface area contributed by atoms with Gasteiger partial charge >= 0.3 is 11.9 Å². The Morgan fingerprint density at radius 2 is 1.42 bits per heavy atom. The number of fused-ring (bicyclic) bond motifs is 1. The molecule has 6 N–H and O–H groups in total. The van der Waals surface area contributed by atoms with Gasteiger partial charge in [-0.2, -0.15) is 0 Å². The van der Waals surface area contributed by atoms with Gasteiger partial charge in [-0.25, -0.2) is 9.59 Å². The van der Waals surface area contributed by atoms with Crippen LogP contribution in [0, 0.1) is 5.41 Å². The Kier molecular flexibility index (Phi) is 9.26. The van der Waals surface area contributed by atoms with Crippen LogP contribution in [0.5, 0.6) is 0 Å². The Balaban J connectivity index is 0.000000691. The summed E-state index contributed by atoms with van der Waals surface area (Å²) in [6.45, 7) is 5.97. The number of para-hydroxylation sites is 3. The molecule has 0 radical (unpaired) electrons. The molecule has 1 aliphatic heterocycles. The average molecular weight is 459 g/mol. The molecule has 1 heterocycles. The summed E-state index contributed by atoms with van der Waals surface area (Å²) >= 11 is 0. The van der Waals surface area contributed by atoms with Gasteiger partial charge in [-0.3, -0.25) is 9.59 Å². The maximum absolute atomic E-state index is 13.0. The van der Waals surface area contributed by atoms with Crippen LogP contribution in [0.15, 0.2) is 54.6 Å². The molecule has 10 heteroatoms. The number of hydrogen-bond acceptors (Lipinski definition) is 6. The number of ketones is 1. The van der Waals surface area contributed by atoms with Crippen LogP contribution in [-0.4, -0.2) is 58.4 Å². The van der Waals surface area contributed by atoms with E-state index in [-0.39, 0.29) is 23.7 Å². The highest BCUT2D eigenvalue weighted by Crippen LogP contribution is 2.37. The van der Waals surface area contributed by atoms with E-state index in [4.69, 9.17) is 25.5 Å². The zero-order valence-electron chi connectivity index (χ0n) is 18.7. The van der Waals surface area contributed by atoms with Crippen molar-refractivity contribution in [3.63, 3.8) is 0 Å². The number of carbonyl (C=O) groups excluding carboxylic acids is 2. The van der Waals surface area contributed by atoms with E-state index >= 15 is 0 Å². The lowest BCUT2D eigenvalue weighted by atomic mass is 9.90. The number of nitrogens with two attached hydrogens (primary N) is 1. The minimum Gasteiger partial charge on any atom is -0.473 e. The van der Waals surface area contributed by atoms with Crippen LogP contribution in [0.4, 0.5) is 17.1 Å². The van der Waals surface area contributed by atoms with Crippen LogP contribution in [0.25, 0.3) is 0 Å². The second-order valence-electron chi connectivity index (χ2n) is 8.25. The Labute approximate surface area is 191 Å². The van der Waals surface area contributed by atoms with Crippen LogP contribution in [0.2, 0.25) is 0 Å². The maximum Gasteiger partial charge on any atom is 0.414 e. The summed E-state index contributed by atoms with van der Waals surface area (Å²) in [5.74, 6) is -3.88. The summed E-state index contributed by atoms with van der Waals surface area (Å²) in [6, 6.07) is 16.8. The lowest BCUT2D eigenvalue weighted by Crippen LogP contribution is -2.49. The molecule has 33 heavy (non-hydrogen) atoms. The first-order valence-electron chi connectivity index (χ1n) is 9.91. The normalized spacial score (nSPS) is 15.3. The first-order valence-corrected chi connectivity index (χ1v) is 9.91. The molecule has 1 aliphatic rings. The first-order chi connectivity index (χ1) is 14.9. The number of amides is 1. The van der Waals surface area contributed by atoms with Gasteiger partial charge in [0.1, 0.15) is 6.04 Å². The minimum absolute atomic E-state index is 0. The second-order valence-corrected chi connectivity index (χ2v) is 8.25. The lowest BCUT2D eigenvalue weighted by Gasteiger charge is -2.28. The van der Waals surface area contributed by atoms with Gasteiger partial charge in [0.05, 0.1) is 17.9 Å². The number of hydrogen-bond donors (Lipinski definition) is 3. The molecule has 0 aromatic heterocycles. The van der Waals surface area contributed by atoms with Crippen molar-refractivity contribution in [1.29, 1.82) is 0 Å². The van der Waals surface area contributed by atoms with Crippen LogP contribution in [0.1, 0.15) is 20.8 Å². The molecular weight excluding hydrogens is 430 g/mol. The average Bonchev–Trinajstić information content (AvgIpc) is 2.84. The number of rotatable bonds is 3. The Morgan fingerprint density at radius 1 is 0.939 bits per heavy atom. The van der Waals surface area contributed by atoms with Gasteiger partial charge in [-0.1, -0.05) is 51.1 Å². The Bertz CT molecular complexity index is 991. The number of nitrogens with zero attached hydrogens (tertiary/aromatic N) is 2. The summed E-state index contributed by atoms with van der Waals surface area (Å²) in [6.07, 6.45) is 0. The molecule has 2 aromatic carbocycles. The van der Waals surface area contributed by atoms with Crippen LogP contribution in [0.3, 0.4) is 0 Å². The molecule has 0 aliphatic carbocycles. The SMILES string of the molecule is CC(C)(C)C(=O)CN1C(=O)[C@H](N)CN(c2ccccc2)c2ccccc21.O.O=C(O)C(=O)O. The molecule has 0 saturated heterocycles. The van der Waals surface area contributed by atoms with Crippen molar-refractivity contribution in [1.82, 2.24) is 0 Å². The number of Topliss-reactive ketones (excluding diaryl/α,β-unsaturated/α-hetero) is 1. The quantitative estimate of drug-likeness (QED) is 0.578. The largest absolute Gasteiger partial charge is 0.473 e. The van der Waals surface area contributed by atoms with Crippen molar-refractivity contribution in [3.05, 3.63) is 54.6 Å². The second kappa shape index (κ2) is 11.2. The van der Waals surface area contributed by atoms with E-state index in [2.05, 4.69) is 0 Å². The fourth-order valence-electron chi connectivity index (χ4n) is 3.01. The number of benzene rings is 2. The number of aliphatic carboxylic acids is 2. The monoisotopic (exact) mass is 459 g/mol. The van der Waals surface area contributed by atoms with E-state index in [1.165, 1.54) is 4.90 Å². The third-order valence-corrected chi connectivity index (χ3v) is 4.81. The topological polar surface area (TPSA) is 173 Å². The lowest BCUT2D eigenvalue weighted by molar-refractivity contribution is -0.159. The standard InChI is InChI=1S/C21H25N3O2.C2H2O4.H2O/c1-21(2,3)19(25)14-24-18-12-8-7-11-17(18)23(13-16(22)20(24)26)15-9-5-4-6-10-15;3-1(4)2(5)6;/h4-12,16H,13-14,22H2,1-3H3;(H,3,4)(H,5,6);1H2/t16-;;/m1../s1. The van der Waals surface area contributed by atoms with E-state index in [1.807, 2.05) is 80.3 Å². The molecule has 2 aromatic rings. The number of anilines is 3. The van der Waals surface area contributed by atoms with Crippen molar-refractivity contribution in [2.45, 2.75) is 26.8 Å². The van der Waals surface area contributed by atoms with Crippen molar-refractivity contribution < 1.29 is 34.9 Å². The summed E-state index contributed by atoms with van der Waals surface area (Å²) in [5, 5.41) is 14.8.